The van der Waals surface area contributed by atoms with E-state index in [1.54, 1.807) is 0 Å². The van der Waals surface area contributed by atoms with Crippen LogP contribution in [0.1, 0.15) is 59.8 Å². The van der Waals surface area contributed by atoms with Crippen LogP contribution in [0.3, 0.4) is 0 Å². The molecule has 0 amide bonds. The summed E-state index contributed by atoms with van der Waals surface area (Å²) < 4.78 is 0. The summed E-state index contributed by atoms with van der Waals surface area (Å²) in [6.07, 6.45) is 6.49. The fourth-order valence-corrected chi connectivity index (χ4v) is 5.78. The zero-order chi connectivity index (χ0) is 11.8. The van der Waals surface area contributed by atoms with Crippen LogP contribution in [0, 0.1) is 28.1 Å². The van der Waals surface area contributed by atoms with Gasteiger partial charge in [-0.05, 0) is 53.8 Å². The van der Waals surface area contributed by atoms with Gasteiger partial charge in [0.05, 0.1) is 6.10 Å². The second-order valence-electron chi connectivity index (χ2n) is 7.71. The molecule has 0 unspecified atom stereocenters. The molecule has 0 saturated heterocycles. The third kappa shape index (κ3) is 1.02. The van der Waals surface area contributed by atoms with Gasteiger partial charge in [-0.25, -0.2) is 0 Å². The highest BCUT2D eigenvalue weighted by Gasteiger charge is 2.75. The van der Waals surface area contributed by atoms with E-state index in [9.17, 15) is 5.11 Å². The summed E-state index contributed by atoms with van der Waals surface area (Å²) >= 11 is 0. The lowest BCUT2D eigenvalue weighted by Gasteiger charge is -2.57. The van der Waals surface area contributed by atoms with Gasteiger partial charge < -0.3 is 5.11 Å². The summed E-state index contributed by atoms with van der Waals surface area (Å²) in [6, 6.07) is 0. The van der Waals surface area contributed by atoms with Gasteiger partial charge in [0, 0.05) is 0 Å². The predicted molar refractivity (Wildman–Crippen MR) is 66.1 cm³/mol. The van der Waals surface area contributed by atoms with Gasteiger partial charge in [0.25, 0.3) is 0 Å². The number of aliphatic hydroxyl groups excluding tert-OH is 1. The fourth-order valence-electron chi connectivity index (χ4n) is 5.78. The van der Waals surface area contributed by atoms with Crippen molar-refractivity contribution >= 4 is 0 Å². The van der Waals surface area contributed by atoms with Crippen LogP contribution < -0.4 is 0 Å². The molecule has 0 aliphatic heterocycles. The molecular formula is C15H26O. The zero-order valence-corrected chi connectivity index (χ0v) is 11.2. The maximum Gasteiger partial charge on any atom is 0.0574 e. The summed E-state index contributed by atoms with van der Waals surface area (Å²) in [5, 5.41) is 10.2. The van der Waals surface area contributed by atoms with Gasteiger partial charge in [0.1, 0.15) is 0 Å². The van der Waals surface area contributed by atoms with Crippen LogP contribution in [-0.4, -0.2) is 11.2 Å². The van der Waals surface area contributed by atoms with Crippen molar-refractivity contribution in [1.29, 1.82) is 0 Å². The molecule has 0 aromatic rings. The largest absolute Gasteiger partial charge is 0.393 e. The van der Waals surface area contributed by atoms with Gasteiger partial charge in [-0.1, -0.05) is 34.1 Å². The SMILES string of the molecule is C[C@H]1[C@@H](O)C[C@]2(C)CCCC(C)(C)[C@@]23C[C@@H]13. The van der Waals surface area contributed by atoms with Crippen LogP contribution in [-0.2, 0) is 0 Å². The second kappa shape index (κ2) is 2.85. The average molecular weight is 222 g/mol. The first-order valence-electron chi connectivity index (χ1n) is 7.02. The Balaban J connectivity index is 2.03. The van der Waals surface area contributed by atoms with Crippen molar-refractivity contribution in [2.24, 2.45) is 28.1 Å². The van der Waals surface area contributed by atoms with E-state index in [1.165, 1.54) is 25.7 Å². The molecule has 1 N–H and O–H groups in total. The average Bonchev–Trinajstić information content (AvgIpc) is 2.89. The standard InChI is InChI=1S/C15H26O/c1-10-11-8-15(11)13(2,3)6-5-7-14(15,4)9-12(10)16/h10-12,16H,5-9H2,1-4H3/t10-,11+,12+,14+,15+/m1/s1. The molecule has 1 heteroatoms. The van der Waals surface area contributed by atoms with Crippen LogP contribution in [0.15, 0.2) is 0 Å². The van der Waals surface area contributed by atoms with Crippen molar-refractivity contribution in [1.82, 2.24) is 0 Å². The van der Waals surface area contributed by atoms with E-state index < -0.39 is 0 Å². The van der Waals surface area contributed by atoms with Gasteiger partial charge in [-0.2, -0.15) is 0 Å². The van der Waals surface area contributed by atoms with Gasteiger partial charge >= 0.3 is 0 Å². The highest BCUT2D eigenvalue weighted by Crippen LogP contribution is 2.81. The maximum absolute atomic E-state index is 10.2. The Labute approximate surface area is 99.6 Å². The zero-order valence-electron chi connectivity index (χ0n) is 11.2. The summed E-state index contributed by atoms with van der Waals surface area (Å²) in [5.74, 6) is 1.34. The van der Waals surface area contributed by atoms with Crippen molar-refractivity contribution in [3.63, 3.8) is 0 Å². The van der Waals surface area contributed by atoms with E-state index in [4.69, 9.17) is 0 Å². The lowest BCUT2D eigenvalue weighted by Crippen LogP contribution is -2.51. The van der Waals surface area contributed by atoms with Gasteiger partial charge in [-0.15, -0.1) is 0 Å². The Kier molecular flexibility index (Phi) is 1.98. The smallest absolute Gasteiger partial charge is 0.0574 e. The lowest BCUT2D eigenvalue weighted by atomic mass is 9.48. The number of hydrogen-bond acceptors (Lipinski definition) is 1. The third-order valence-electron chi connectivity index (χ3n) is 6.73. The number of hydrogen-bond donors (Lipinski definition) is 1. The van der Waals surface area contributed by atoms with Crippen molar-refractivity contribution in [3.8, 4) is 0 Å². The monoisotopic (exact) mass is 222 g/mol. The molecular weight excluding hydrogens is 196 g/mol. The van der Waals surface area contributed by atoms with Gasteiger partial charge in [-0.3, -0.25) is 0 Å². The normalized spacial score (nSPS) is 58.7. The molecule has 3 saturated carbocycles. The molecule has 1 nitrogen and oxygen atoms in total. The van der Waals surface area contributed by atoms with Gasteiger partial charge in [0.2, 0.25) is 0 Å². The minimum Gasteiger partial charge on any atom is -0.393 e. The summed E-state index contributed by atoms with van der Waals surface area (Å²) in [7, 11) is 0. The van der Waals surface area contributed by atoms with E-state index in [0.29, 0.717) is 22.2 Å². The Morgan fingerprint density at radius 2 is 1.75 bits per heavy atom. The minimum atomic E-state index is -0.0421. The van der Waals surface area contributed by atoms with E-state index in [1.807, 2.05) is 0 Å². The van der Waals surface area contributed by atoms with Crippen molar-refractivity contribution in [2.75, 3.05) is 0 Å². The minimum absolute atomic E-state index is 0.0421. The van der Waals surface area contributed by atoms with E-state index in [2.05, 4.69) is 27.7 Å². The fraction of sp³-hybridized carbons (Fsp3) is 1.00. The molecule has 16 heavy (non-hydrogen) atoms. The van der Waals surface area contributed by atoms with Gasteiger partial charge in [0.15, 0.2) is 0 Å². The molecule has 0 aromatic heterocycles. The Morgan fingerprint density at radius 1 is 1.06 bits per heavy atom. The molecule has 3 rings (SSSR count). The molecule has 0 aromatic carbocycles. The van der Waals surface area contributed by atoms with Crippen molar-refractivity contribution in [3.05, 3.63) is 0 Å². The highest BCUT2D eigenvalue weighted by molar-refractivity contribution is 5.23. The topological polar surface area (TPSA) is 20.2 Å². The second-order valence-corrected chi connectivity index (χ2v) is 7.71. The third-order valence-corrected chi connectivity index (χ3v) is 6.73. The Bertz CT molecular complexity index is 321. The van der Waals surface area contributed by atoms with Crippen LogP contribution >= 0.6 is 0 Å². The molecule has 3 aliphatic carbocycles. The molecule has 3 fully saturated rings. The highest BCUT2D eigenvalue weighted by atomic mass is 16.3. The molecule has 0 radical (unpaired) electrons. The predicted octanol–water partition coefficient (Wildman–Crippen LogP) is 3.61. The molecule has 3 aliphatic rings. The molecule has 0 heterocycles. The first-order valence-corrected chi connectivity index (χ1v) is 7.02. The number of aliphatic hydroxyl groups is 1. The van der Waals surface area contributed by atoms with Crippen LogP contribution in [0.2, 0.25) is 0 Å². The molecule has 0 bridgehead atoms. The molecule has 92 valence electrons. The van der Waals surface area contributed by atoms with E-state index in [-0.39, 0.29) is 6.10 Å². The van der Waals surface area contributed by atoms with Crippen molar-refractivity contribution < 1.29 is 5.11 Å². The molecule has 5 atom stereocenters. The molecule has 1 spiro atoms. The van der Waals surface area contributed by atoms with Crippen LogP contribution in [0.4, 0.5) is 0 Å². The van der Waals surface area contributed by atoms with Crippen molar-refractivity contribution in [2.45, 2.75) is 65.9 Å². The summed E-state index contributed by atoms with van der Waals surface area (Å²) in [4.78, 5) is 0. The lowest BCUT2D eigenvalue weighted by molar-refractivity contribution is -0.111. The quantitative estimate of drug-likeness (QED) is 0.664. The first-order chi connectivity index (χ1) is 7.34. The summed E-state index contributed by atoms with van der Waals surface area (Å²) in [5.41, 5.74) is 1.49. The number of rotatable bonds is 0. The van der Waals surface area contributed by atoms with Crippen LogP contribution in [0.5, 0.6) is 0 Å². The van der Waals surface area contributed by atoms with E-state index >= 15 is 0 Å². The maximum atomic E-state index is 10.2. The first kappa shape index (κ1) is 11.1. The Hall–Kier alpha value is -0.0400. The summed E-state index contributed by atoms with van der Waals surface area (Å²) in [6.45, 7) is 9.70. The van der Waals surface area contributed by atoms with E-state index in [0.717, 1.165) is 12.3 Å². The van der Waals surface area contributed by atoms with Crippen LogP contribution in [0.25, 0.3) is 0 Å². The Morgan fingerprint density at radius 3 is 2.44 bits per heavy atom.